The van der Waals surface area contributed by atoms with Gasteiger partial charge in [0.1, 0.15) is 0 Å². The molecule has 96 valence electrons. The van der Waals surface area contributed by atoms with Gasteiger partial charge >= 0.3 is 5.97 Å². The normalized spacial score (nSPS) is 24.8. The maximum absolute atomic E-state index is 11.2. The third kappa shape index (κ3) is 2.92. The fourth-order valence-electron chi connectivity index (χ4n) is 2.38. The van der Waals surface area contributed by atoms with E-state index in [4.69, 9.17) is 0 Å². The number of hydrogen-bond acceptors (Lipinski definition) is 2. The fraction of sp³-hybridized carbons (Fsp3) is 0.357. The first-order chi connectivity index (χ1) is 8.59. The van der Waals surface area contributed by atoms with Crippen molar-refractivity contribution in [2.75, 3.05) is 0 Å². The largest absolute Gasteiger partial charge is 0.481 e. The van der Waals surface area contributed by atoms with E-state index < -0.39 is 18.0 Å². The second-order valence-electron chi connectivity index (χ2n) is 4.55. The van der Waals surface area contributed by atoms with Gasteiger partial charge < -0.3 is 10.2 Å². The maximum atomic E-state index is 11.2. The molecule has 0 amide bonds. The van der Waals surface area contributed by atoms with Gasteiger partial charge in [-0.1, -0.05) is 24.3 Å². The van der Waals surface area contributed by atoms with Crippen LogP contribution in [-0.2, 0) is 4.79 Å². The summed E-state index contributed by atoms with van der Waals surface area (Å²) in [6, 6.07) is 7.58. The Hall–Kier alpha value is -0.880. The molecule has 0 spiro atoms. The van der Waals surface area contributed by atoms with Gasteiger partial charge in [0.15, 0.2) is 0 Å². The van der Waals surface area contributed by atoms with Gasteiger partial charge in [0.25, 0.3) is 0 Å². The predicted octanol–water partition coefficient (Wildman–Crippen LogP) is 2.99. The highest BCUT2D eigenvalue weighted by Gasteiger charge is 2.34. The Morgan fingerprint density at radius 1 is 1.22 bits per heavy atom. The molecule has 0 fully saturated rings. The second kappa shape index (κ2) is 5.84. The molecule has 3 unspecified atom stereocenters. The van der Waals surface area contributed by atoms with Crippen LogP contribution in [0.4, 0.5) is 0 Å². The molecule has 3 atom stereocenters. The Morgan fingerprint density at radius 3 is 2.44 bits per heavy atom. The van der Waals surface area contributed by atoms with Crippen molar-refractivity contribution in [3.63, 3.8) is 0 Å². The number of allylic oxidation sites excluding steroid dienone is 2. The molecule has 18 heavy (non-hydrogen) atoms. The molecule has 0 radical (unpaired) electrons. The molecule has 2 rings (SSSR count). The van der Waals surface area contributed by atoms with Crippen molar-refractivity contribution in [3.8, 4) is 0 Å². The number of aliphatic hydroxyl groups is 1. The van der Waals surface area contributed by atoms with Crippen molar-refractivity contribution in [1.82, 2.24) is 0 Å². The van der Waals surface area contributed by atoms with E-state index in [0.717, 1.165) is 9.13 Å². The number of halogens is 1. The van der Waals surface area contributed by atoms with E-state index in [0.29, 0.717) is 12.8 Å². The average molecular weight is 358 g/mol. The first kappa shape index (κ1) is 13.5. The summed E-state index contributed by atoms with van der Waals surface area (Å²) in [7, 11) is 0. The second-order valence-corrected chi connectivity index (χ2v) is 5.79. The van der Waals surface area contributed by atoms with Crippen LogP contribution < -0.4 is 0 Å². The lowest BCUT2D eigenvalue weighted by Crippen LogP contribution is -2.29. The third-order valence-corrected chi connectivity index (χ3v) is 4.14. The number of benzene rings is 1. The van der Waals surface area contributed by atoms with Crippen LogP contribution in [0.2, 0.25) is 0 Å². The summed E-state index contributed by atoms with van der Waals surface area (Å²) in [5.41, 5.74) is 0.793. The van der Waals surface area contributed by atoms with E-state index in [2.05, 4.69) is 22.6 Å². The quantitative estimate of drug-likeness (QED) is 0.645. The van der Waals surface area contributed by atoms with Crippen LogP contribution in [0.25, 0.3) is 0 Å². The Kier molecular flexibility index (Phi) is 4.40. The van der Waals surface area contributed by atoms with Crippen LogP contribution >= 0.6 is 22.6 Å². The summed E-state index contributed by atoms with van der Waals surface area (Å²) in [5.74, 6) is -1.56. The molecule has 1 aliphatic carbocycles. The molecule has 0 saturated heterocycles. The zero-order valence-corrected chi connectivity index (χ0v) is 11.9. The van der Waals surface area contributed by atoms with E-state index in [9.17, 15) is 15.0 Å². The summed E-state index contributed by atoms with van der Waals surface area (Å²) in [6.07, 6.45) is 4.25. The summed E-state index contributed by atoms with van der Waals surface area (Å²) in [6.45, 7) is 0. The molecular formula is C14H15IO3. The van der Waals surface area contributed by atoms with Crippen LogP contribution in [0.15, 0.2) is 36.4 Å². The monoisotopic (exact) mass is 358 g/mol. The lowest BCUT2D eigenvalue weighted by molar-refractivity contribution is -0.145. The number of carbonyl (C=O) groups is 1. The summed E-state index contributed by atoms with van der Waals surface area (Å²) >= 11 is 2.20. The Balaban J connectivity index is 2.21. The molecule has 3 nitrogen and oxygen atoms in total. The van der Waals surface area contributed by atoms with Gasteiger partial charge in [-0.15, -0.1) is 0 Å². The smallest absolute Gasteiger partial charge is 0.307 e. The molecule has 0 aliphatic heterocycles. The molecule has 0 aromatic heterocycles. The molecule has 0 bridgehead atoms. The van der Waals surface area contributed by atoms with Gasteiger partial charge in [0.05, 0.1) is 12.0 Å². The number of carboxylic acids is 1. The van der Waals surface area contributed by atoms with Crippen LogP contribution in [0.5, 0.6) is 0 Å². The summed E-state index contributed by atoms with van der Waals surface area (Å²) < 4.78 is 1.10. The van der Waals surface area contributed by atoms with Crippen LogP contribution in [-0.4, -0.2) is 16.2 Å². The molecule has 1 aromatic carbocycles. The Labute approximate surface area is 120 Å². The van der Waals surface area contributed by atoms with E-state index in [1.807, 2.05) is 36.4 Å². The van der Waals surface area contributed by atoms with Gasteiger partial charge in [0, 0.05) is 9.49 Å². The summed E-state index contributed by atoms with van der Waals surface area (Å²) in [4.78, 5) is 11.2. The van der Waals surface area contributed by atoms with E-state index >= 15 is 0 Å². The number of hydrogen-bond donors (Lipinski definition) is 2. The van der Waals surface area contributed by atoms with Gasteiger partial charge in [-0.25, -0.2) is 0 Å². The van der Waals surface area contributed by atoms with E-state index in [-0.39, 0.29) is 5.92 Å². The maximum Gasteiger partial charge on any atom is 0.307 e. The van der Waals surface area contributed by atoms with Gasteiger partial charge in [0.2, 0.25) is 0 Å². The molecule has 4 heteroatoms. The van der Waals surface area contributed by atoms with Crippen LogP contribution in [0.3, 0.4) is 0 Å². The van der Waals surface area contributed by atoms with Crippen molar-refractivity contribution in [2.24, 2.45) is 11.8 Å². The minimum atomic E-state index is -0.825. The highest BCUT2D eigenvalue weighted by atomic mass is 127. The third-order valence-electron chi connectivity index (χ3n) is 3.42. The first-order valence-corrected chi connectivity index (χ1v) is 6.99. The van der Waals surface area contributed by atoms with Crippen molar-refractivity contribution >= 4 is 28.6 Å². The minimum Gasteiger partial charge on any atom is -0.481 e. The number of aliphatic carboxylic acids is 1. The molecule has 0 saturated carbocycles. The highest BCUT2D eigenvalue weighted by molar-refractivity contribution is 14.1. The molecule has 2 N–H and O–H groups in total. The first-order valence-electron chi connectivity index (χ1n) is 5.91. The molecule has 0 heterocycles. The number of carboxylic acid groups (broad SMARTS) is 1. The van der Waals surface area contributed by atoms with Gasteiger partial charge in [-0.05, 0) is 53.1 Å². The zero-order chi connectivity index (χ0) is 13.1. The van der Waals surface area contributed by atoms with Crippen molar-refractivity contribution in [2.45, 2.75) is 18.9 Å². The van der Waals surface area contributed by atoms with E-state index in [1.165, 1.54) is 0 Å². The van der Waals surface area contributed by atoms with Crippen molar-refractivity contribution in [3.05, 3.63) is 45.6 Å². The fourth-order valence-corrected chi connectivity index (χ4v) is 2.73. The summed E-state index contributed by atoms with van der Waals surface area (Å²) in [5, 5.41) is 19.6. The predicted molar refractivity (Wildman–Crippen MR) is 77.1 cm³/mol. The number of rotatable bonds is 3. The number of aliphatic hydroxyl groups excluding tert-OH is 1. The zero-order valence-electron chi connectivity index (χ0n) is 9.79. The van der Waals surface area contributed by atoms with E-state index in [1.54, 1.807) is 0 Å². The van der Waals surface area contributed by atoms with Gasteiger partial charge in [-0.2, -0.15) is 0 Å². The lowest BCUT2D eigenvalue weighted by atomic mass is 9.77. The van der Waals surface area contributed by atoms with Crippen LogP contribution in [0, 0.1) is 15.4 Å². The van der Waals surface area contributed by atoms with Crippen LogP contribution in [0.1, 0.15) is 24.5 Å². The standard InChI is InChI=1S/C14H15IO3/c15-10-7-5-9(6-8-10)13(16)11-3-1-2-4-12(11)14(17)18/h1-2,5-8,11-13,16H,3-4H2,(H,17,18). The molecular weight excluding hydrogens is 343 g/mol. The highest BCUT2D eigenvalue weighted by Crippen LogP contribution is 2.36. The Morgan fingerprint density at radius 2 is 1.83 bits per heavy atom. The average Bonchev–Trinajstić information content (AvgIpc) is 2.39. The molecule has 1 aromatic rings. The lowest BCUT2D eigenvalue weighted by Gasteiger charge is -2.29. The van der Waals surface area contributed by atoms with Crippen molar-refractivity contribution < 1.29 is 15.0 Å². The van der Waals surface area contributed by atoms with Crippen molar-refractivity contribution in [1.29, 1.82) is 0 Å². The Bertz CT molecular complexity index is 453. The minimum absolute atomic E-state index is 0.243. The van der Waals surface area contributed by atoms with Gasteiger partial charge in [-0.3, -0.25) is 4.79 Å². The topological polar surface area (TPSA) is 57.5 Å². The molecule has 1 aliphatic rings. The SMILES string of the molecule is O=C(O)C1CC=CCC1C(O)c1ccc(I)cc1.